The predicted molar refractivity (Wildman–Crippen MR) is 133 cm³/mol. The second kappa shape index (κ2) is 11.9. The molecule has 0 fully saturated rings. The number of nitrogens with zero attached hydrogens (tertiary/aromatic N) is 1. The van der Waals surface area contributed by atoms with Crippen LogP contribution in [-0.2, 0) is 16.1 Å². The number of hydrogen-bond acceptors (Lipinski definition) is 3. The molecule has 4 nitrogen and oxygen atoms in total. The summed E-state index contributed by atoms with van der Waals surface area (Å²) in [5.74, 6) is 0.653. The number of carbonyl (C=O) groups is 2. The number of benzene rings is 2. The first-order chi connectivity index (χ1) is 14.5. The molecule has 0 bridgehead atoms. The molecule has 31 heavy (non-hydrogen) atoms. The summed E-state index contributed by atoms with van der Waals surface area (Å²) in [7, 11) is 0. The zero-order chi connectivity index (χ0) is 23.0. The fourth-order valence-corrected chi connectivity index (χ4v) is 4.40. The Morgan fingerprint density at radius 1 is 1.16 bits per heavy atom. The Labute approximate surface area is 203 Å². The van der Waals surface area contributed by atoms with E-state index < -0.39 is 6.04 Å². The van der Waals surface area contributed by atoms with Crippen molar-refractivity contribution < 1.29 is 9.59 Å². The third-order valence-electron chi connectivity index (χ3n) is 4.52. The summed E-state index contributed by atoms with van der Waals surface area (Å²) in [4.78, 5) is 28.7. The number of halogens is 2. The lowest BCUT2D eigenvalue weighted by Crippen LogP contribution is -2.52. The molecule has 2 aromatic rings. The second-order valence-electron chi connectivity index (χ2n) is 8.47. The Morgan fingerprint density at radius 2 is 1.84 bits per heavy atom. The zero-order valence-electron chi connectivity index (χ0n) is 18.5. The second-order valence-corrected chi connectivity index (χ2v) is 11.0. The minimum absolute atomic E-state index is 0.0201. The van der Waals surface area contributed by atoms with Crippen molar-refractivity contribution in [1.82, 2.24) is 10.2 Å². The highest BCUT2D eigenvalue weighted by Gasteiger charge is 2.28. The number of rotatable bonds is 9. The van der Waals surface area contributed by atoms with Gasteiger partial charge in [-0.05, 0) is 81.8 Å². The van der Waals surface area contributed by atoms with Gasteiger partial charge in [-0.3, -0.25) is 9.59 Å². The molecule has 0 radical (unpaired) electrons. The molecular formula is C24H30BrClN2O2S. The first-order valence-corrected chi connectivity index (χ1v) is 12.4. The first-order valence-electron chi connectivity index (χ1n) is 10.3. The Hall–Kier alpha value is -1.50. The van der Waals surface area contributed by atoms with Crippen molar-refractivity contribution in [2.24, 2.45) is 0 Å². The van der Waals surface area contributed by atoms with Gasteiger partial charge < -0.3 is 10.2 Å². The van der Waals surface area contributed by atoms with E-state index in [9.17, 15) is 9.59 Å². The Morgan fingerprint density at radius 3 is 2.45 bits per heavy atom. The predicted octanol–water partition coefficient (Wildman–Crippen LogP) is 6.31. The van der Waals surface area contributed by atoms with E-state index in [2.05, 4.69) is 21.2 Å². The zero-order valence-corrected chi connectivity index (χ0v) is 21.6. The summed E-state index contributed by atoms with van der Waals surface area (Å²) < 4.78 is 0.948. The van der Waals surface area contributed by atoms with E-state index in [4.69, 9.17) is 11.6 Å². The highest BCUT2D eigenvalue weighted by atomic mass is 79.9. The third-order valence-corrected chi connectivity index (χ3v) is 6.37. The average molecular weight is 526 g/mol. The number of thioether (sulfide) groups is 1. The quantitative estimate of drug-likeness (QED) is 0.308. The van der Waals surface area contributed by atoms with Gasteiger partial charge in [0.2, 0.25) is 11.8 Å². The van der Waals surface area contributed by atoms with Gasteiger partial charge in [-0.2, -0.15) is 0 Å². The molecule has 0 unspecified atom stereocenters. The van der Waals surface area contributed by atoms with Crippen LogP contribution in [-0.4, -0.2) is 34.0 Å². The Kier molecular flexibility index (Phi) is 9.91. The van der Waals surface area contributed by atoms with Gasteiger partial charge >= 0.3 is 0 Å². The molecule has 0 spiro atoms. The van der Waals surface area contributed by atoms with Gasteiger partial charge in [0.1, 0.15) is 6.04 Å². The number of amides is 2. The molecule has 0 aliphatic carbocycles. The summed E-state index contributed by atoms with van der Waals surface area (Å²) in [5.41, 5.74) is 0.624. The van der Waals surface area contributed by atoms with Gasteiger partial charge in [0.25, 0.3) is 0 Å². The van der Waals surface area contributed by atoms with Crippen LogP contribution in [0, 0.1) is 0 Å². The smallest absolute Gasteiger partial charge is 0.242 e. The lowest BCUT2D eigenvalue weighted by Gasteiger charge is -2.31. The highest BCUT2D eigenvalue weighted by molar-refractivity contribution is 9.10. The van der Waals surface area contributed by atoms with Crippen LogP contribution in [0.3, 0.4) is 0 Å². The lowest BCUT2D eigenvalue weighted by atomic mass is 10.1. The molecule has 1 atom stereocenters. The molecule has 0 heterocycles. The number of nitrogens with one attached hydrogen (secondary N) is 1. The molecule has 0 saturated carbocycles. The average Bonchev–Trinajstić information content (AvgIpc) is 2.69. The van der Waals surface area contributed by atoms with Gasteiger partial charge in [-0.15, -0.1) is 11.8 Å². The normalized spacial score (nSPS) is 12.3. The fraction of sp³-hybridized carbons (Fsp3) is 0.417. The molecule has 2 amide bonds. The van der Waals surface area contributed by atoms with Crippen LogP contribution >= 0.6 is 39.3 Å². The van der Waals surface area contributed by atoms with Crippen LogP contribution in [0.2, 0.25) is 5.02 Å². The summed E-state index contributed by atoms with van der Waals surface area (Å²) in [6.45, 7) is 7.99. The van der Waals surface area contributed by atoms with Crippen LogP contribution in [0.5, 0.6) is 0 Å². The summed E-state index contributed by atoms with van der Waals surface area (Å²) in [5, 5.41) is 3.70. The molecule has 0 aromatic heterocycles. The van der Waals surface area contributed by atoms with E-state index in [1.54, 1.807) is 23.6 Å². The van der Waals surface area contributed by atoms with Crippen LogP contribution in [0.15, 0.2) is 57.9 Å². The summed E-state index contributed by atoms with van der Waals surface area (Å²) >= 11 is 11.1. The number of hydrogen-bond donors (Lipinski definition) is 1. The third kappa shape index (κ3) is 9.26. The minimum atomic E-state index is -0.561. The fourth-order valence-electron chi connectivity index (χ4n) is 2.98. The van der Waals surface area contributed by atoms with Crippen molar-refractivity contribution in [3.8, 4) is 0 Å². The monoisotopic (exact) mass is 524 g/mol. The van der Waals surface area contributed by atoms with Crippen molar-refractivity contribution in [3.05, 3.63) is 63.6 Å². The Bertz CT molecular complexity index is 884. The van der Waals surface area contributed by atoms with Gasteiger partial charge in [0.15, 0.2) is 0 Å². The van der Waals surface area contributed by atoms with Crippen molar-refractivity contribution in [1.29, 1.82) is 0 Å². The van der Waals surface area contributed by atoms with Crippen molar-refractivity contribution >= 4 is 51.1 Å². The van der Waals surface area contributed by atoms with Gasteiger partial charge in [0, 0.05) is 32.9 Å². The van der Waals surface area contributed by atoms with Gasteiger partial charge in [0.05, 0.1) is 0 Å². The molecule has 2 rings (SSSR count). The standard InChI is InChI=1S/C24H30BrClN2O2S/c1-17(23(30)27-24(2,3)4)28(16-18-7-5-8-19(25)15-18)22(29)9-6-14-31-21-12-10-20(26)11-13-21/h5,7-8,10-13,15,17H,6,9,14,16H2,1-4H3,(H,27,30)/t17-/m1/s1. The van der Waals surface area contributed by atoms with Crippen molar-refractivity contribution in [3.63, 3.8) is 0 Å². The van der Waals surface area contributed by atoms with Crippen LogP contribution in [0.25, 0.3) is 0 Å². The van der Waals surface area contributed by atoms with E-state index in [1.165, 1.54) is 0 Å². The van der Waals surface area contributed by atoms with E-state index in [-0.39, 0.29) is 17.4 Å². The van der Waals surface area contributed by atoms with Crippen LogP contribution < -0.4 is 5.32 Å². The summed E-state index contributed by atoms with van der Waals surface area (Å²) in [6.07, 6.45) is 1.12. The lowest BCUT2D eigenvalue weighted by molar-refractivity contribution is -0.141. The maximum Gasteiger partial charge on any atom is 0.242 e. The summed E-state index contributed by atoms with van der Waals surface area (Å²) in [6, 6.07) is 15.0. The van der Waals surface area contributed by atoms with Gasteiger partial charge in [-0.1, -0.05) is 39.7 Å². The molecule has 0 aliphatic rings. The molecule has 2 aromatic carbocycles. The van der Waals surface area contributed by atoms with Crippen LogP contribution in [0.1, 0.15) is 46.1 Å². The van der Waals surface area contributed by atoms with Gasteiger partial charge in [-0.25, -0.2) is 0 Å². The van der Waals surface area contributed by atoms with Crippen molar-refractivity contribution in [2.75, 3.05) is 5.75 Å². The maximum atomic E-state index is 13.1. The van der Waals surface area contributed by atoms with E-state index in [0.29, 0.717) is 18.0 Å². The van der Waals surface area contributed by atoms with Crippen molar-refractivity contribution in [2.45, 2.75) is 63.6 Å². The molecular weight excluding hydrogens is 496 g/mol. The minimum Gasteiger partial charge on any atom is -0.350 e. The molecule has 168 valence electrons. The SMILES string of the molecule is C[C@H](C(=O)NC(C)(C)C)N(Cc1cccc(Br)c1)C(=O)CCCSc1ccc(Cl)cc1. The van der Waals surface area contributed by atoms with E-state index in [0.717, 1.165) is 27.1 Å². The maximum absolute atomic E-state index is 13.1. The molecule has 1 N–H and O–H groups in total. The highest BCUT2D eigenvalue weighted by Crippen LogP contribution is 2.22. The Balaban J connectivity index is 2.02. The number of carbonyl (C=O) groups excluding carboxylic acids is 2. The molecule has 7 heteroatoms. The van der Waals surface area contributed by atoms with Crippen LogP contribution in [0.4, 0.5) is 0 Å². The van der Waals surface area contributed by atoms with E-state index in [1.807, 2.05) is 69.3 Å². The largest absolute Gasteiger partial charge is 0.350 e. The topological polar surface area (TPSA) is 49.4 Å². The first kappa shape index (κ1) is 25.8. The molecule has 0 saturated heterocycles. The molecule has 0 aliphatic heterocycles. The van der Waals surface area contributed by atoms with E-state index >= 15 is 0 Å².